The van der Waals surface area contributed by atoms with Gasteiger partial charge in [0, 0.05) is 19.3 Å². The van der Waals surface area contributed by atoms with Crippen LogP contribution in [0.4, 0.5) is 0 Å². The minimum Gasteiger partial charge on any atom is -0.462 e. The van der Waals surface area contributed by atoms with Gasteiger partial charge in [0.05, 0.1) is 19.8 Å². The lowest BCUT2D eigenvalue weighted by Crippen LogP contribution is -2.30. The Bertz CT molecular complexity index is 1840. The van der Waals surface area contributed by atoms with Gasteiger partial charge in [-0.15, -0.1) is 0 Å². The van der Waals surface area contributed by atoms with Gasteiger partial charge in [0.25, 0.3) is 0 Å². The lowest BCUT2D eigenvalue weighted by molar-refractivity contribution is -0.161. The van der Waals surface area contributed by atoms with Gasteiger partial charge in [-0.2, -0.15) is 0 Å². The molecule has 0 saturated heterocycles. The summed E-state index contributed by atoms with van der Waals surface area (Å²) in [5.74, 6) is -1.58. The van der Waals surface area contributed by atoms with E-state index in [1.54, 1.807) is 0 Å². The molecule has 0 aliphatic carbocycles. The highest BCUT2D eigenvalue weighted by Crippen LogP contribution is 2.43. The third-order valence-corrected chi connectivity index (χ3v) is 14.3. The van der Waals surface area contributed by atoms with Crippen molar-refractivity contribution in [3.05, 3.63) is 122 Å². The molecule has 11 nitrogen and oxygen atoms in total. The first-order valence-electron chi connectivity index (χ1n) is 32.4. The number of ether oxygens (including phenoxy) is 3. The highest BCUT2D eigenvalue weighted by molar-refractivity contribution is 7.47. The van der Waals surface area contributed by atoms with Gasteiger partial charge in [0.2, 0.25) is 0 Å². The molecule has 0 rings (SSSR count). The molecule has 0 aromatic heterocycles. The Labute approximate surface area is 500 Å². The van der Waals surface area contributed by atoms with Crippen LogP contribution in [-0.4, -0.2) is 66.5 Å². The number of unbranched alkanes of at least 4 members (excludes halogenated alkanes) is 22. The van der Waals surface area contributed by atoms with E-state index in [0.717, 1.165) is 103 Å². The summed E-state index contributed by atoms with van der Waals surface area (Å²) in [6.45, 7) is 4.34. The number of carbonyl (C=O) groups is 3. The molecule has 0 radical (unpaired) electrons. The highest BCUT2D eigenvalue weighted by Gasteiger charge is 2.28. The lowest BCUT2D eigenvalue weighted by Gasteiger charge is -2.21. The number of aliphatic hydroxyl groups excluding tert-OH is 1. The van der Waals surface area contributed by atoms with Gasteiger partial charge in [-0.1, -0.05) is 264 Å². The van der Waals surface area contributed by atoms with E-state index >= 15 is 0 Å². The number of phosphoric acid groups is 1. The van der Waals surface area contributed by atoms with Gasteiger partial charge in [-0.3, -0.25) is 23.4 Å². The van der Waals surface area contributed by atoms with Crippen LogP contribution in [0.15, 0.2) is 122 Å². The Balaban J connectivity index is 4.80. The Hall–Kier alpha value is -4.12. The topological polar surface area (TPSA) is 155 Å². The molecule has 0 saturated carbocycles. The summed E-state index contributed by atoms with van der Waals surface area (Å²) in [6, 6.07) is 0. The normalized spacial score (nSPS) is 14.1. The molecule has 82 heavy (non-hydrogen) atoms. The van der Waals surface area contributed by atoms with Crippen molar-refractivity contribution in [1.82, 2.24) is 0 Å². The largest absolute Gasteiger partial charge is 0.472 e. The Morgan fingerprint density at radius 1 is 0.354 bits per heavy atom. The van der Waals surface area contributed by atoms with E-state index in [9.17, 15) is 28.9 Å². The third kappa shape index (κ3) is 60.5. The van der Waals surface area contributed by atoms with Crippen molar-refractivity contribution in [2.75, 3.05) is 26.4 Å². The summed E-state index contributed by atoms with van der Waals surface area (Å²) in [7, 11) is -4.78. The third-order valence-electron chi connectivity index (χ3n) is 13.4. The summed E-state index contributed by atoms with van der Waals surface area (Å²) in [6.07, 6.45) is 78.8. The molecule has 0 spiro atoms. The van der Waals surface area contributed by atoms with Crippen LogP contribution >= 0.6 is 7.82 Å². The molecular formula is C70H117O11P. The SMILES string of the molecule is CC/C=C\C/C=C\C/C=C\C/C=C\C/C=C\CCCCCC(=O)OC(COC(=O)CCC/C=C\C/C=C\C/C=C\C/C=C\C/C=C\CC)COP(=O)(O)OCC(CO)OC(=O)CCCCCCCCCCCCCCCCCCCCC. The molecule has 0 aliphatic heterocycles. The number of esters is 3. The van der Waals surface area contributed by atoms with Gasteiger partial charge in [0.1, 0.15) is 12.7 Å². The van der Waals surface area contributed by atoms with Gasteiger partial charge < -0.3 is 24.2 Å². The van der Waals surface area contributed by atoms with Crippen LogP contribution < -0.4 is 0 Å². The fourth-order valence-corrected chi connectivity index (χ4v) is 9.32. The minimum atomic E-state index is -4.78. The zero-order valence-corrected chi connectivity index (χ0v) is 52.8. The number of aliphatic hydroxyl groups is 1. The van der Waals surface area contributed by atoms with E-state index in [1.807, 2.05) is 6.08 Å². The number of hydrogen-bond acceptors (Lipinski definition) is 10. The second-order valence-corrected chi connectivity index (χ2v) is 22.6. The van der Waals surface area contributed by atoms with Crippen molar-refractivity contribution < 1.29 is 52.2 Å². The fourth-order valence-electron chi connectivity index (χ4n) is 8.54. The van der Waals surface area contributed by atoms with Crippen LogP contribution in [0.1, 0.15) is 265 Å². The van der Waals surface area contributed by atoms with E-state index in [-0.39, 0.29) is 25.9 Å². The second kappa shape index (κ2) is 62.9. The maximum atomic E-state index is 13.0. The lowest BCUT2D eigenvalue weighted by atomic mass is 10.0. The number of carbonyl (C=O) groups excluding carboxylic acids is 3. The molecule has 12 heteroatoms. The van der Waals surface area contributed by atoms with Crippen LogP contribution in [0.2, 0.25) is 0 Å². The van der Waals surface area contributed by atoms with Crippen LogP contribution in [0.25, 0.3) is 0 Å². The van der Waals surface area contributed by atoms with Gasteiger partial charge in [0.15, 0.2) is 6.10 Å². The van der Waals surface area contributed by atoms with Gasteiger partial charge in [-0.05, 0) is 103 Å². The summed E-state index contributed by atoms with van der Waals surface area (Å²) in [5, 5.41) is 9.87. The Morgan fingerprint density at radius 2 is 0.646 bits per heavy atom. The van der Waals surface area contributed by atoms with E-state index in [2.05, 4.69) is 136 Å². The Kier molecular flexibility index (Phi) is 59.8. The first kappa shape index (κ1) is 77.9. The van der Waals surface area contributed by atoms with E-state index in [1.165, 1.54) is 96.3 Å². The molecule has 0 aliphatic rings. The van der Waals surface area contributed by atoms with E-state index < -0.39 is 57.8 Å². The van der Waals surface area contributed by atoms with Crippen molar-refractivity contribution >= 4 is 25.7 Å². The number of hydrogen-bond donors (Lipinski definition) is 2. The first-order valence-corrected chi connectivity index (χ1v) is 33.9. The summed E-state index contributed by atoms with van der Waals surface area (Å²) < 4.78 is 39.6. The highest BCUT2D eigenvalue weighted by atomic mass is 31.2. The van der Waals surface area contributed by atoms with Crippen molar-refractivity contribution in [1.29, 1.82) is 0 Å². The zero-order chi connectivity index (χ0) is 59.8. The van der Waals surface area contributed by atoms with Crippen LogP contribution in [0.3, 0.4) is 0 Å². The molecule has 468 valence electrons. The summed E-state index contributed by atoms with van der Waals surface area (Å²) >= 11 is 0. The van der Waals surface area contributed by atoms with Crippen LogP contribution in [-0.2, 0) is 42.2 Å². The molecule has 0 amide bonds. The van der Waals surface area contributed by atoms with E-state index in [0.29, 0.717) is 25.7 Å². The zero-order valence-electron chi connectivity index (χ0n) is 51.9. The summed E-state index contributed by atoms with van der Waals surface area (Å²) in [4.78, 5) is 48.8. The quantitative estimate of drug-likeness (QED) is 0.0197. The monoisotopic (exact) mass is 1160 g/mol. The number of allylic oxidation sites excluding steroid dienone is 20. The van der Waals surface area contributed by atoms with Crippen molar-refractivity contribution in [2.24, 2.45) is 0 Å². The van der Waals surface area contributed by atoms with Crippen LogP contribution in [0.5, 0.6) is 0 Å². The fraction of sp³-hybridized carbons (Fsp3) is 0.671. The predicted molar refractivity (Wildman–Crippen MR) is 343 cm³/mol. The molecule has 0 bridgehead atoms. The molecule has 3 atom stereocenters. The maximum Gasteiger partial charge on any atom is 0.472 e. The average Bonchev–Trinajstić information content (AvgIpc) is 3.50. The van der Waals surface area contributed by atoms with Gasteiger partial charge in [-0.25, -0.2) is 4.57 Å². The predicted octanol–water partition coefficient (Wildman–Crippen LogP) is 19.9. The van der Waals surface area contributed by atoms with Crippen molar-refractivity contribution in [2.45, 2.75) is 277 Å². The molecule has 0 aromatic carbocycles. The molecule has 2 N–H and O–H groups in total. The number of phosphoric ester groups is 1. The van der Waals surface area contributed by atoms with Gasteiger partial charge >= 0.3 is 25.7 Å². The molecular weight excluding hydrogens is 1050 g/mol. The number of rotatable bonds is 59. The molecule has 3 unspecified atom stereocenters. The smallest absolute Gasteiger partial charge is 0.462 e. The Morgan fingerprint density at radius 3 is 1.01 bits per heavy atom. The molecule has 0 aromatic rings. The van der Waals surface area contributed by atoms with Crippen LogP contribution in [0, 0.1) is 0 Å². The first-order chi connectivity index (χ1) is 40.2. The van der Waals surface area contributed by atoms with Crippen molar-refractivity contribution in [3.8, 4) is 0 Å². The standard InChI is InChI=1S/C70H117O11P/c1-4-7-10-13-16-19-22-25-28-31-33-36-39-42-45-48-51-54-57-60-69(73)80-66(62-71)64-78-82(75,76)79-65-67(63-77-68(72)59-56-53-50-47-44-41-38-35-30-27-24-21-18-15-12-9-6-3)81-70(74)61-58-55-52-49-46-43-40-37-34-32-29-26-23-20-17-14-11-8-5-2/h8-9,11-12,17-18,20-21,26-27,29-30,34,37-38,41,43,46-47,50,66-67,71H,4-7,10,13-16,19,22-25,28,31-33,35-36,39-40,42,44-45,48-49,51-65H2,1-3H3,(H,75,76)/b11-8-,12-9-,20-17-,21-18-,29-26-,30-27-,37-34-,41-38-,46-43-,50-47-. The minimum absolute atomic E-state index is 0.111. The van der Waals surface area contributed by atoms with Crippen molar-refractivity contribution in [3.63, 3.8) is 0 Å². The molecule has 0 heterocycles. The maximum absolute atomic E-state index is 13.0. The molecule has 0 fully saturated rings. The second-order valence-electron chi connectivity index (χ2n) is 21.2. The average molecular weight is 1170 g/mol. The summed E-state index contributed by atoms with van der Waals surface area (Å²) in [5.41, 5.74) is 0. The van der Waals surface area contributed by atoms with E-state index in [4.69, 9.17) is 23.3 Å².